The predicted octanol–water partition coefficient (Wildman–Crippen LogP) is 20.1. The molecule has 3 aliphatic rings. The first-order valence-electron chi connectivity index (χ1n) is 28.1. The van der Waals surface area contributed by atoms with E-state index in [4.69, 9.17) is 4.74 Å². The van der Waals surface area contributed by atoms with Crippen LogP contribution >= 0.6 is 113 Å². The van der Waals surface area contributed by atoms with Crippen LogP contribution in [0.5, 0.6) is 0 Å². The SMILES string of the molecule is C.C.Cc1cc(-c2c3c(c(-c4cc(C)c(Br)s4)c4nsnc24)C(=O)N(CCC(C)CCCC(C)C)C3=O)sc1Br.Cc1csc(-c2c3c(c(-c4cc(C)cs4)c4nsnc24)C(=O)N(CCC(C)CCCC(C)C)C3=O)c1.SN=BC1CCCO1. The van der Waals surface area contributed by atoms with E-state index in [1.54, 1.807) is 52.4 Å². The van der Waals surface area contributed by atoms with Gasteiger partial charge in [-0.3, -0.25) is 29.0 Å². The molecule has 0 aliphatic carbocycles. The van der Waals surface area contributed by atoms with Crippen LogP contribution in [0.2, 0.25) is 0 Å². The Morgan fingerprint density at radius 3 is 1.23 bits per heavy atom. The maximum absolute atomic E-state index is 14.1. The maximum atomic E-state index is 14.1. The van der Waals surface area contributed by atoms with Crippen LogP contribution in [0.4, 0.5) is 0 Å². The Hall–Kier alpha value is -3.71. The van der Waals surface area contributed by atoms with Crippen molar-refractivity contribution in [3.8, 4) is 41.8 Å². The number of thiol groups is 1. The minimum absolute atomic E-state index is 0. The molecule has 0 N–H and O–H groups in total. The molecule has 6 aromatic heterocycles. The summed E-state index contributed by atoms with van der Waals surface area (Å²) >= 11 is 19.5. The summed E-state index contributed by atoms with van der Waals surface area (Å²) in [5.74, 6) is 1.44. The predicted molar refractivity (Wildman–Crippen MR) is 368 cm³/mol. The molecule has 0 saturated carbocycles. The molecule has 3 aliphatic heterocycles. The van der Waals surface area contributed by atoms with Gasteiger partial charge >= 0.3 is 54.4 Å². The van der Waals surface area contributed by atoms with E-state index in [9.17, 15) is 19.2 Å². The summed E-state index contributed by atoms with van der Waals surface area (Å²) in [5, 5.41) is 4.14. The topological polar surface area (TPSA) is 148 Å². The van der Waals surface area contributed by atoms with Crippen molar-refractivity contribution in [3.63, 3.8) is 0 Å². The summed E-state index contributed by atoms with van der Waals surface area (Å²) in [4.78, 5) is 62.7. The second-order valence-corrected chi connectivity index (χ2v) is 30.7. The van der Waals surface area contributed by atoms with Crippen LogP contribution < -0.4 is 0 Å². The molecule has 1 saturated heterocycles. The number of imide groups is 2. The summed E-state index contributed by atoms with van der Waals surface area (Å²) < 4.78 is 29.4. The van der Waals surface area contributed by atoms with Crippen LogP contribution in [-0.2, 0) is 4.74 Å². The van der Waals surface area contributed by atoms with Crippen LogP contribution in [0.15, 0.2) is 46.9 Å². The Labute approximate surface area is 543 Å². The van der Waals surface area contributed by atoms with Crippen molar-refractivity contribution in [3.05, 3.63) is 87.1 Å². The van der Waals surface area contributed by atoms with Crippen LogP contribution in [0.25, 0.3) is 63.8 Å². The van der Waals surface area contributed by atoms with Gasteiger partial charge in [-0.2, -0.15) is 17.5 Å². The van der Waals surface area contributed by atoms with E-state index < -0.39 is 0 Å². The van der Waals surface area contributed by atoms with E-state index in [1.807, 2.05) is 27.7 Å². The molecule has 12 nitrogen and oxygen atoms in total. The number of ether oxygens (including phenoxy) is 1. The molecule has 4 amide bonds. The van der Waals surface area contributed by atoms with Gasteiger partial charge in [-0.25, -0.2) is 0 Å². The van der Waals surface area contributed by atoms with Crippen LogP contribution in [0.3, 0.4) is 0 Å². The fourth-order valence-electron chi connectivity index (χ4n) is 10.8. The molecule has 3 unspecified atom stereocenters. The molecule has 448 valence electrons. The third-order valence-corrected chi connectivity index (χ3v) is 22.9. The van der Waals surface area contributed by atoms with Crippen molar-refractivity contribution >= 4 is 166 Å². The van der Waals surface area contributed by atoms with Crippen molar-refractivity contribution in [2.24, 2.45) is 28.0 Å². The van der Waals surface area contributed by atoms with Crippen molar-refractivity contribution in [1.29, 1.82) is 0 Å². The van der Waals surface area contributed by atoms with Gasteiger partial charge in [0.2, 0.25) is 0 Å². The number of hydrogen-bond acceptors (Lipinski definition) is 17. The molecule has 8 aromatic rings. The number of amides is 4. The molecule has 0 bridgehead atoms. The zero-order chi connectivity index (χ0) is 58.7. The van der Waals surface area contributed by atoms with Crippen molar-refractivity contribution in [2.45, 2.75) is 154 Å². The van der Waals surface area contributed by atoms with Crippen molar-refractivity contribution in [2.75, 3.05) is 19.7 Å². The van der Waals surface area contributed by atoms with Gasteiger partial charge in [-0.15, -0.1) is 45.3 Å². The first-order chi connectivity index (χ1) is 39.3. The zero-order valence-corrected chi connectivity index (χ0v) is 56.9. The molecule has 1 fully saturated rings. The number of nitrogens with zero attached hydrogens (tertiary/aromatic N) is 7. The summed E-state index contributed by atoms with van der Waals surface area (Å²) in [6, 6.07) is 8.52. The normalized spacial score (nSPS) is 15.4. The van der Waals surface area contributed by atoms with E-state index in [1.165, 1.54) is 35.5 Å². The van der Waals surface area contributed by atoms with Gasteiger partial charge in [-0.05, 0) is 153 Å². The Kier molecular flexibility index (Phi) is 24.2. The summed E-state index contributed by atoms with van der Waals surface area (Å²) in [6.45, 7) is 23.3. The van der Waals surface area contributed by atoms with Gasteiger partial charge in [0.05, 0.1) is 53.3 Å². The number of thiophene rings is 4. The monoisotopic (exact) mass is 1390 g/mol. The Morgan fingerprint density at radius 1 is 0.571 bits per heavy atom. The molecule has 84 heavy (non-hydrogen) atoms. The summed E-state index contributed by atoms with van der Waals surface area (Å²) in [5.41, 5.74) is 12.1. The first kappa shape index (κ1) is 67.8. The number of benzene rings is 2. The number of rotatable bonds is 19. The van der Waals surface area contributed by atoms with Gasteiger partial charge < -0.3 is 0 Å². The Morgan fingerprint density at radius 2 is 0.940 bits per heavy atom. The molecule has 3 atom stereocenters. The number of hydrogen-bond donors (Lipinski definition) is 1. The molecule has 9 heterocycles. The minimum atomic E-state index is -0.222. The van der Waals surface area contributed by atoms with E-state index in [0.29, 0.717) is 81.1 Å². The number of carbonyl (C=O) groups is 4. The van der Waals surface area contributed by atoms with Gasteiger partial charge in [0, 0.05) is 54.9 Å². The van der Waals surface area contributed by atoms with Crippen molar-refractivity contribution < 1.29 is 23.9 Å². The van der Waals surface area contributed by atoms with Gasteiger partial charge in [0.25, 0.3) is 23.6 Å². The number of carbonyl (C=O) groups excluding carboxylic acids is 4. The average molecular weight is 1390 g/mol. The van der Waals surface area contributed by atoms with Gasteiger partial charge in [0.1, 0.15) is 22.1 Å². The number of aryl methyl sites for hydroxylation is 4. The molecule has 0 radical (unpaired) electrons. The van der Waals surface area contributed by atoms with Gasteiger partial charge in [-0.1, -0.05) is 94.9 Å². The van der Waals surface area contributed by atoms with Crippen LogP contribution in [0, 0.1) is 51.4 Å². The summed E-state index contributed by atoms with van der Waals surface area (Å²) in [6.07, 6.45) is 10.8. The number of aromatic nitrogens is 4. The van der Waals surface area contributed by atoms with Crippen LogP contribution in [0.1, 0.15) is 184 Å². The molecule has 11 rings (SSSR count). The fourth-order valence-corrected chi connectivity index (χ4v) is 17.1. The third kappa shape index (κ3) is 14.7. The number of fused-ring (bicyclic) bond motifs is 4. The fraction of sp³-hybridized carbons (Fsp3) is 0.484. The van der Waals surface area contributed by atoms with Gasteiger partial charge in [0.15, 0.2) is 0 Å². The average Bonchev–Trinajstić information content (AvgIpc) is 1.61. The number of halogens is 2. The Bertz CT molecular complexity index is 3450. The first-order valence-corrected chi connectivity index (χ1v) is 34.9. The molecule has 22 heteroatoms. The standard InChI is InChI=1S/C28H29Br2N3O2S3.C28H31N3O2S3.C4H8BNOS.2CH4/c1-13(2)7-6-8-14(3)9-10-33-27(34)21-19(17-11-15(4)25(29)36-17)23-24(32-38-31-23)20(22(21)28(33)35)18-12-16(5)26(30)37-18;1-15(2)7-6-8-16(3)9-10-31-27(32)23-21(19-11-17(4)13-34-19)25-26(30-36-29-25)22(24(23)28(31)33)20-12-18(5)14-35-20;8-6-5-4-2-1-3-7-4;;/h11-14H,6-10H2,1-5H3;11-16H,6-10H2,1-5H3;4,8H,1-3H2;2*1H4. The third-order valence-electron chi connectivity index (χ3n) is 15.3. The summed E-state index contributed by atoms with van der Waals surface area (Å²) in [7, 11) is 1.73. The molecular weight excluding hydrogens is 1320 g/mol. The van der Waals surface area contributed by atoms with E-state index in [-0.39, 0.29) is 44.5 Å². The zero-order valence-electron chi connectivity index (χ0n) is 47.9. The van der Waals surface area contributed by atoms with Crippen molar-refractivity contribution in [1.82, 2.24) is 27.3 Å². The quantitative estimate of drug-likeness (QED) is 0.0474. The van der Waals surface area contributed by atoms with Crippen LogP contribution in [-0.4, -0.2) is 83.7 Å². The van der Waals surface area contributed by atoms with E-state index in [2.05, 4.69) is 143 Å². The second kappa shape index (κ2) is 30.0. The van der Waals surface area contributed by atoms with E-state index >= 15 is 0 Å². The second-order valence-electron chi connectivity index (χ2n) is 22.8. The molecule has 0 spiro atoms. The molecule has 2 aromatic carbocycles. The van der Waals surface area contributed by atoms with E-state index in [0.717, 1.165) is 140 Å². The molecular formula is C62H76BBr2N7O5S7. The Balaban J connectivity index is 0.000000208.